The van der Waals surface area contributed by atoms with Gasteiger partial charge >= 0.3 is 0 Å². The molecule has 4 rings (SSSR count). The maximum atomic E-state index is 14.6. The van der Waals surface area contributed by atoms with E-state index in [2.05, 4.69) is 20.5 Å². The third-order valence-corrected chi connectivity index (χ3v) is 5.70. The molecule has 1 amide bonds. The lowest BCUT2D eigenvalue weighted by Gasteiger charge is -2.27. The predicted molar refractivity (Wildman–Crippen MR) is 109 cm³/mol. The zero-order valence-electron chi connectivity index (χ0n) is 15.8. The molecule has 29 heavy (non-hydrogen) atoms. The molecule has 6 nitrogen and oxygen atoms in total. The molecule has 1 fully saturated rings. The fraction of sp³-hybridized carbons (Fsp3) is 0.300. The Kier molecular flexibility index (Phi) is 5.70. The molecule has 2 aromatic carbocycles. The Morgan fingerprint density at radius 2 is 2.00 bits per heavy atom. The number of halogens is 2. The molecular weight excluding hydrogens is 398 g/mol. The molecule has 0 saturated carbocycles. The molecule has 1 aromatic heterocycles. The van der Waals surface area contributed by atoms with E-state index in [1.165, 1.54) is 30.6 Å². The summed E-state index contributed by atoms with van der Waals surface area (Å²) in [6.45, 7) is 3.75. The predicted octanol–water partition coefficient (Wildman–Crippen LogP) is 3.24. The van der Waals surface area contributed by atoms with Crippen molar-refractivity contribution in [3.8, 4) is 5.75 Å². The number of anilines is 1. The number of fused-ring (bicyclic) bond motifs is 1. The summed E-state index contributed by atoms with van der Waals surface area (Å²) in [5.41, 5.74) is 0.478. The van der Waals surface area contributed by atoms with Gasteiger partial charge in [0.05, 0.1) is 11.8 Å². The number of piperazine rings is 1. The van der Waals surface area contributed by atoms with E-state index < -0.39 is 23.1 Å². The van der Waals surface area contributed by atoms with Gasteiger partial charge in [0.1, 0.15) is 28.5 Å². The molecule has 9 heteroatoms. The molecule has 0 bridgehead atoms. The highest BCUT2D eigenvalue weighted by Crippen LogP contribution is 2.32. The number of hydrogen-bond donors (Lipinski definition) is 2. The van der Waals surface area contributed by atoms with Gasteiger partial charge in [0, 0.05) is 32.7 Å². The normalized spacial score (nSPS) is 14.9. The van der Waals surface area contributed by atoms with Crippen LogP contribution in [-0.2, 0) is 6.54 Å². The van der Waals surface area contributed by atoms with E-state index in [1.54, 1.807) is 12.1 Å². The van der Waals surface area contributed by atoms with E-state index in [4.69, 9.17) is 4.74 Å². The Hall–Kier alpha value is -2.62. The van der Waals surface area contributed by atoms with Gasteiger partial charge in [-0.25, -0.2) is 13.8 Å². The van der Waals surface area contributed by atoms with E-state index in [0.717, 1.165) is 30.9 Å². The van der Waals surface area contributed by atoms with Gasteiger partial charge in [-0.2, -0.15) is 0 Å². The van der Waals surface area contributed by atoms with Crippen LogP contribution in [0.5, 0.6) is 5.75 Å². The van der Waals surface area contributed by atoms with Crippen LogP contribution in [-0.4, -0.2) is 49.1 Å². The summed E-state index contributed by atoms with van der Waals surface area (Å²) in [5, 5.41) is 5.98. The van der Waals surface area contributed by atoms with E-state index >= 15 is 0 Å². The highest BCUT2D eigenvalue weighted by atomic mass is 32.1. The summed E-state index contributed by atoms with van der Waals surface area (Å²) >= 11 is 1.21. The first-order valence-electron chi connectivity index (χ1n) is 9.21. The Bertz CT molecular complexity index is 1030. The molecule has 3 aromatic rings. The average molecular weight is 418 g/mol. The third-order valence-electron chi connectivity index (χ3n) is 4.77. The van der Waals surface area contributed by atoms with Gasteiger partial charge in [0.15, 0.2) is 5.13 Å². The number of nitrogens with one attached hydrogen (secondary N) is 2. The molecule has 0 spiro atoms. The van der Waals surface area contributed by atoms with Gasteiger partial charge in [-0.05, 0) is 29.8 Å². The maximum absolute atomic E-state index is 14.6. The zero-order valence-corrected chi connectivity index (χ0v) is 16.6. The molecule has 0 aliphatic carbocycles. The van der Waals surface area contributed by atoms with Gasteiger partial charge < -0.3 is 10.1 Å². The number of hydrogen-bond acceptors (Lipinski definition) is 6. The second-order valence-electron chi connectivity index (χ2n) is 6.74. The summed E-state index contributed by atoms with van der Waals surface area (Å²) in [7, 11) is 1.53. The van der Waals surface area contributed by atoms with Crippen LogP contribution in [0.25, 0.3) is 10.2 Å². The minimum atomic E-state index is -0.883. The van der Waals surface area contributed by atoms with Crippen LogP contribution < -0.4 is 15.4 Å². The number of amides is 1. The molecule has 152 valence electrons. The quantitative estimate of drug-likeness (QED) is 0.666. The van der Waals surface area contributed by atoms with Gasteiger partial charge in [0.2, 0.25) is 0 Å². The second kappa shape index (κ2) is 8.40. The number of ether oxygens (including phenoxy) is 1. The largest absolute Gasteiger partial charge is 0.494 e. The Morgan fingerprint density at radius 3 is 2.69 bits per heavy atom. The number of aromatic nitrogens is 1. The van der Waals surface area contributed by atoms with Crippen LogP contribution in [0.2, 0.25) is 0 Å². The number of thiazole rings is 1. The fourth-order valence-corrected chi connectivity index (χ4v) is 4.24. The van der Waals surface area contributed by atoms with Crippen LogP contribution in [0.1, 0.15) is 15.9 Å². The van der Waals surface area contributed by atoms with Crippen molar-refractivity contribution >= 4 is 32.6 Å². The summed E-state index contributed by atoms with van der Waals surface area (Å²) in [6, 6.07) is 7.84. The molecule has 2 heterocycles. The fourth-order valence-electron chi connectivity index (χ4n) is 3.36. The first-order chi connectivity index (χ1) is 14.0. The number of rotatable bonds is 5. The zero-order chi connectivity index (χ0) is 20.4. The number of methoxy groups -OCH3 is 1. The first-order valence-corrected chi connectivity index (χ1v) is 10.0. The number of benzene rings is 2. The van der Waals surface area contributed by atoms with Crippen LogP contribution in [0.15, 0.2) is 30.3 Å². The summed E-state index contributed by atoms with van der Waals surface area (Å²) < 4.78 is 35.2. The van der Waals surface area contributed by atoms with Crippen molar-refractivity contribution in [3.05, 3.63) is 53.1 Å². The standard InChI is InChI=1S/C20H20F2N4O2S/c1-28-15-3-2-4-16-18(15)24-20(29-16)25-19(27)17-13(21)9-12(10-14(17)22)11-26-7-5-23-6-8-26/h2-4,9-10,23H,5-8,11H2,1H3,(H,24,25,27). The molecule has 0 unspecified atom stereocenters. The van der Waals surface area contributed by atoms with Crippen molar-refractivity contribution in [2.45, 2.75) is 6.54 Å². The summed E-state index contributed by atoms with van der Waals surface area (Å²) in [6.07, 6.45) is 0. The van der Waals surface area contributed by atoms with Gasteiger partial charge in [-0.3, -0.25) is 15.0 Å². The highest BCUT2D eigenvalue weighted by Gasteiger charge is 2.21. The van der Waals surface area contributed by atoms with E-state index in [1.807, 2.05) is 6.07 Å². The summed E-state index contributed by atoms with van der Waals surface area (Å²) in [4.78, 5) is 18.9. The SMILES string of the molecule is COc1cccc2sc(NC(=O)c3c(F)cc(CN4CCNCC4)cc3F)nc12. The van der Waals surface area contributed by atoms with E-state index in [-0.39, 0.29) is 5.13 Å². The van der Waals surface area contributed by atoms with Crippen molar-refractivity contribution in [1.82, 2.24) is 15.2 Å². The maximum Gasteiger partial charge on any atom is 0.263 e. The molecule has 1 saturated heterocycles. The van der Waals surface area contributed by atoms with Crippen molar-refractivity contribution < 1.29 is 18.3 Å². The van der Waals surface area contributed by atoms with E-state index in [9.17, 15) is 13.6 Å². The minimum Gasteiger partial charge on any atom is -0.494 e. The van der Waals surface area contributed by atoms with Crippen molar-refractivity contribution in [2.24, 2.45) is 0 Å². The lowest BCUT2D eigenvalue weighted by atomic mass is 10.1. The Balaban J connectivity index is 1.54. The molecule has 1 aliphatic heterocycles. The molecule has 0 radical (unpaired) electrons. The number of carbonyl (C=O) groups is 1. The van der Waals surface area contributed by atoms with Crippen molar-refractivity contribution in [2.75, 3.05) is 38.6 Å². The van der Waals surface area contributed by atoms with Crippen molar-refractivity contribution in [3.63, 3.8) is 0 Å². The van der Waals surface area contributed by atoms with Gasteiger partial charge in [-0.15, -0.1) is 0 Å². The molecule has 2 N–H and O–H groups in total. The minimum absolute atomic E-state index is 0.248. The van der Waals surface area contributed by atoms with E-state index in [0.29, 0.717) is 23.4 Å². The first kappa shape index (κ1) is 19.7. The topological polar surface area (TPSA) is 66.5 Å². The lowest BCUT2D eigenvalue weighted by molar-refractivity contribution is 0.101. The number of para-hydroxylation sites is 1. The Labute approximate surface area is 170 Å². The monoisotopic (exact) mass is 418 g/mol. The number of carbonyl (C=O) groups excluding carboxylic acids is 1. The van der Waals surface area contributed by atoms with Gasteiger partial charge in [0.25, 0.3) is 5.91 Å². The van der Waals surface area contributed by atoms with Crippen LogP contribution in [0, 0.1) is 11.6 Å². The van der Waals surface area contributed by atoms with Crippen LogP contribution in [0.4, 0.5) is 13.9 Å². The molecule has 0 atom stereocenters. The van der Waals surface area contributed by atoms with Gasteiger partial charge in [-0.1, -0.05) is 17.4 Å². The lowest BCUT2D eigenvalue weighted by Crippen LogP contribution is -2.42. The van der Waals surface area contributed by atoms with Crippen molar-refractivity contribution in [1.29, 1.82) is 0 Å². The third kappa shape index (κ3) is 4.21. The highest BCUT2D eigenvalue weighted by molar-refractivity contribution is 7.22. The average Bonchev–Trinajstić information content (AvgIpc) is 3.10. The number of nitrogens with zero attached hydrogens (tertiary/aromatic N) is 2. The molecule has 1 aliphatic rings. The van der Waals surface area contributed by atoms with Crippen LogP contribution in [0.3, 0.4) is 0 Å². The molecular formula is C20H20F2N4O2S. The Morgan fingerprint density at radius 1 is 1.28 bits per heavy atom. The summed E-state index contributed by atoms with van der Waals surface area (Å²) in [5.74, 6) is -2.07. The van der Waals surface area contributed by atoms with Crippen LogP contribution >= 0.6 is 11.3 Å². The second-order valence-corrected chi connectivity index (χ2v) is 7.77. The smallest absolute Gasteiger partial charge is 0.263 e.